The van der Waals surface area contributed by atoms with Crippen molar-refractivity contribution in [3.63, 3.8) is 0 Å². The third kappa shape index (κ3) is 3.57. The first-order valence-electron chi connectivity index (χ1n) is 5.96. The highest BCUT2D eigenvalue weighted by molar-refractivity contribution is 6.42. The van der Waals surface area contributed by atoms with Crippen LogP contribution in [0.3, 0.4) is 0 Å². The second-order valence-electron chi connectivity index (χ2n) is 4.45. The summed E-state index contributed by atoms with van der Waals surface area (Å²) in [6, 6.07) is 10.7. The van der Waals surface area contributed by atoms with Crippen LogP contribution < -0.4 is 17.0 Å². The Bertz CT molecular complexity index is 617. The zero-order chi connectivity index (χ0) is 14.7. The van der Waals surface area contributed by atoms with Crippen LogP contribution in [0.2, 0.25) is 15.1 Å². The number of hydrazine groups is 1. The van der Waals surface area contributed by atoms with Gasteiger partial charge in [-0.2, -0.15) is 0 Å². The number of halogens is 3. The molecule has 0 aliphatic rings. The van der Waals surface area contributed by atoms with Gasteiger partial charge < -0.3 is 5.73 Å². The van der Waals surface area contributed by atoms with Crippen LogP contribution in [-0.4, -0.2) is 0 Å². The molecule has 0 bridgehead atoms. The zero-order valence-electron chi connectivity index (χ0n) is 10.5. The highest BCUT2D eigenvalue weighted by Crippen LogP contribution is 2.28. The summed E-state index contributed by atoms with van der Waals surface area (Å²) < 4.78 is 0. The van der Waals surface area contributed by atoms with Crippen molar-refractivity contribution in [1.29, 1.82) is 0 Å². The van der Waals surface area contributed by atoms with Crippen LogP contribution in [0, 0.1) is 0 Å². The van der Waals surface area contributed by atoms with Crippen molar-refractivity contribution in [1.82, 2.24) is 5.43 Å². The molecule has 6 heteroatoms. The Kier molecular flexibility index (Phi) is 5.13. The molecule has 5 N–H and O–H groups in total. The van der Waals surface area contributed by atoms with E-state index in [-0.39, 0.29) is 6.04 Å². The summed E-state index contributed by atoms with van der Waals surface area (Å²) >= 11 is 17.8. The van der Waals surface area contributed by atoms with E-state index < -0.39 is 0 Å². The molecular formula is C14H14Cl3N3. The Labute approximate surface area is 132 Å². The minimum atomic E-state index is -0.135. The van der Waals surface area contributed by atoms with E-state index in [1.807, 2.05) is 18.2 Å². The van der Waals surface area contributed by atoms with Crippen LogP contribution in [0.25, 0.3) is 0 Å². The molecule has 0 radical (unpaired) electrons. The normalized spacial score (nSPS) is 12.4. The summed E-state index contributed by atoms with van der Waals surface area (Å²) in [4.78, 5) is 0. The van der Waals surface area contributed by atoms with Crippen molar-refractivity contribution in [2.24, 2.45) is 5.84 Å². The van der Waals surface area contributed by atoms with Crippen LogP contribution in [0.1, 0.15) is 17.2 Å². The molecule has 0 aliphatic heterocycles. The second-order valence-corrected chi connectivity index (χ2v) is 5.70. The third-order valence-electron chi connectivity index (χ3n) is 3.05. The SMILES string of the molecule is NNC(Cc1ccc(Cl)c(Cl)c1)c1ccc(Cl)cc1N. The third-order valence-corrected chi connectivity index (χ3v) is 4.02. The average molecular weight is 331 g/mol. The molecule has 0 aliphatic carbocycles. The molecule has 2 aromatic carbocycles. The van der Waals surface area contributed by atoms with E-state index >= 15 is 0 Å². The van der Waals surface area contributed by atoms with E-state index in [4.69, 9.17) is 46.4 Å². The van der Waals surface area contributed by atoms with Gasteiger partial charge in [-0.3, -0.25) is 11.3 Å². The fourth-order valence-corrected chi connectivity index (χ4v) is 2.53. The van der Waals surface area contributed by atoms with Gasteiger partial charge in [0.2, 0.25) is 0 Å². The van der Waals surface area contributed by atoms with Gasteiger partial charge in [0.1, 0.15) is 0 Å². The number of nitrogens with one attached hydrogen (secondary N) is 1. The molecule has 0 spiro atoms. The lowest BCUT2D eigenvalue weighted by atomic mass is 9.98. The van der Waals surface area contributed by atoms with E-state index in [0.29, 0.717) is 27.2 Å². The minimum Gasteiger partial charge on any atom is -0.398 e. The standard InChI is InChI=1S/C14H14Cl3N3/c15-9-2-3-10(13(18)7-9)14(20-19)6-8-1-4-11(16)12(17)5-8/h1-5,7,14,20H,6,18-19H2. The molecule has 0 saturated carbocycles. The first kappa shape index (κ1) is 15.4. The van der Waals surface area contributed by atoms with Crippen LogP contribution in [0.4, 0.5) is 5.69 Å². The van der Waals surface area contributed by atoms with E-state index in [1.165, 1.54) is 0 Å². The van der Waals surface area contributed by atoms with Crippen molar-refractivity contribution in [2.75, 3.05) is 5.73 Å². The van der Waals surface area contributed by atoms with Crippen molar-refractivity contribution < 1.29 is 0 Å². The average Bonchev–Trinajstić information content (AvgIpc) is 2.41. The van der Waals surface area contributed by atoms with Gasteiger partial charge >= 0.3 is 0 Å². The summed E-state index contributed by atoms with van der Waals surface area (Å²) in [5.74, 6) is 5.63. The Hall–Kier alpha value is -0.970. The number of rotatable bonds is 4. The Morgan fingerprint density at radius 3 is 2.35 bits per heavy atom. The van der Waals surface area contributed by atoms with E-state index in [0.717, 1.165) is 11.1 Å². The second kappa shape index (κ2) is 6.66. The first-order valence-corrected chi connectivity index (χ1v) is 7.09. The first-order chi connectivity index (χ1) is 9.51. The van der Waals surface area contributed by atoms with Crippen LogP contribution in [0.5, 0.6) is 0 Å². The van der Waals surface area contributed by atoms with Gasteiger partial charge in [-0.1, -0.05) is 46.9 Å². The quantitative estimate of drug-likeness (QED) is 0.451. The van der Waals surface area contributed by atoms with Gasteiger partial charge in [0, 0.05) is 10.7 Å². The number of nitrogens with two attached hydrogens (primary N) is 2. The maximum Gasteiger partial charge on any atom is 0.0595 e. The van der Waals surface area contributed by atoms with Crippen molar-refractivity contribution in [2.45, 2.75) is 12.5 Å². The molecule has 1 atom stereocenters. The number of hydrogen-bond acceptors (Lipinski definition) is 3. The Morgan fingerprint density at radius 1 is 1.00 bits per heavy atom. The molecule has 0 amide bonds. The Balaban J connectivity index is 2.26. The van der Waals surface area contributed by atoms with E-state index in [2.05, 4.69) is 5.43 Å². The van der Waals surface area contributed by atoms with Gasteiger partial charge in [-0.15, -0.1) is 0 Å². The van der Waals surface area contributed by atoms with Crippen LogP contribution >= 0.6 is 34.8 Å². The minimum absolute atomic E-state index is 0.135. The molecule has 0 saturated heterocycles. The molecule has 20 heavy (non-hydrogen) atoms. The van der Waals surface area contributed by atoms with Gasteiger partial charge in [0.25, 0.3) is 0 Å². The number of nitrogen functional groups attached to an aromatic ring is 1. The maximum atomic E-state index is 6.01. The molecule has 0 fully saturated rings. The lowest BCUT2D eigenvalue weighted by Crippen LogP contribution is -2.30. The maximum absolute atomic E-state index is 6.01. The van der Waals surface area contributed by atoms with Crippen molar-refractivity contribution in [3.8, 4) is 0 Å². The molecule has 0 aromatic heterocycles. The fourth-order valence-electron chi connectivity index (χ4n) is 2.02. The summed E-state index contributed by atoms with van der Waals surface area (Å²) in [6.45, 7) is 0. The predicted molar refractivity (Wildman–Crippen MR) is 86.1 cm³/mol. The summed E-state index contributed by atoms with van der Waals surface area (Å²) in [7, 11) is 0. The molecule has 1 unspecified atom stereocenters. The lowest BCUT2D eigenvalue weighted by molar-refractivity contribution is 0.553. The molecule has 2 aromatic rings. The van der Waals surface area contributed by atoms with Crippen LogP contribution in [-0.2, 0) is 6.42 Å². The van der Waals surface area contributed by atoms with E-state index in [1.54, 1.807) is 18.2 Å². The molecule has 106 valence electrons. The number of benzene rings is 2. The van der Waals surface area contributed by atoms with Crippen LogP contribution in [0.15, 0.2) is 36.4 Å². The number of anilines is 1. The molecular weight excluding hydrogens is 317 g/mol. The van der Waals surface area contributed by atoms with Gasteiger partial charge in [0.05, 0.1) is 16.1 Å². The number of hydrogen-bond donors (Lipinski definition) is 3. The monoisotopic (exact) mass is 329 g/mol. The highest BCUT2D eigenvalue weighted by atomic mass is 35.5. The largest absolute Gasteiger partial charge is 0.398 e. The van der Waals surface area contributed by atoms with Crippen molar-refractivity contribution >= 4 is 40.5 Å². The van der Waals surface area contributed by atoms with Gasteiger partial charge in [-0.05, 0) is 41.8 Å². The molecule has 3 nitrogen and oxygen atoms in total. The summed E-state index contributed by atoms with van der Waals surface area (Å²) in [5.41, 5.74) is 11.2. The van der Waals surface area contributed by atoms with Gasteiger partial charge in [-0.25, -0.2) is 0 Å². The molecule has 0 heterocycles. The predicted octanol–water partition coefficient (Wildman–Crippen LogP) is 3.98. The highest BCUT2D eigenvalue weighted by Gasteiger charge is 2.14. The molecule has 2 rings (SSSR count). The Morgan fingerprint density at radius 2 is 1.75 bits per heavy atom. The van der Waals surface area contributed by atoms with E-state index in [9.17, 15) is 0 Å². The van der Waals surface area contributed by atoms with Gasteiger partial charge in [0.15, 0.2) is 0 Å². The zero-order valence-corrected chi connectivity index (χ0v) is 12.8. The lowest BCUT2D eigenvalue weighted by Gasteiger charge is -2.19. The smallest absolute Gasteiger partial charge is 0.0595 e. The summed E-state index contributed by atoms with van der Waals surface area (Å²) in [5, 5.41) is 1.64. The fraction of sp³-hybridized carbons (Fsp3) is 0.143. The van der Waals surface area contributed by atoms with Crippen molar-refractivity contribution in [3.05, 3.63) is 62.6 Å². The topological polar surface area (TPSA) is 64.1 Å². The summed E-state index contributed by atoms with van der Waals surface area (Å²) in [6.07, 6.45) is 0.638.